The van der Waals surface area contributed by atoms with Crippen LogP contribution in [0.1, 0.15) is 20.7 Å². The third-order valence-corrected chi connectivity index (χ3v) is 5.78. The zero-order valence-electron chi connectivity index (χ0n) is 15.1. The molecule has 0 atom stereocenters. The zero-order valence-corrected chi connectivity index (χ0v) is 17.4. The molecule has 0 aliphatic heterocycles. The van der Waals surface area contributed by atoms with E-state index in [2.05, 4.69) is 10.0 Å². The number of nitrogens with one attached hydrogen (secondary N) is 2. The summed E-state index contributed by atoms with van der Waals surface area (Å²) in [6.45, 7) is 0. The van der Waals surface area contributed by atoms with Gasteiger partial charge in [0.1, 0.15) is 0 Å². The van der Waals surface area contributed by atoms with E-state index in [-0.39, 0.29) is 26.7 Å². The third-order valence-electron chi connectivity index (χ3n) is 3.94. The minimum atomic E-state index is -4.18. The van der Waals surface area contributed by atoms with Crippen molar-refractivity contribution < 1.29 is 23.1 Å². The van der Waals surface area contributed by atoms with Gasteiger partial charge in [-0.15, -0.1) is 0 Å². The SMILES string of the molecule is O=C(O)c1cccc(S(=O)(=O)Nc2ccc(Cl)cc2C(=O)Nc2cccc(Cl)c2)c1. The lowest BCUT2D eigenvalue weighted by Gasteiger charge is -2.14. The molecule has 0 unspecified atom stereocenters. The summed E-state index contributed by atoms with van der Waals surface area (Å²) in [5.74, 6) is -1.88. The monoisotopic (exact) mass is 464 g/mol. The number of sulfonamides is 1. The molecule has 0 aromatic heterocycles. The van der Waals surface area contributed by atoms with Crippen molar-refractivity contribution in [3.8, 4) is 0 Å². The van der Waals surface area contributed by atoms with Crippen LogP contribution < -0.4 is 10.0 Å². The van der Waals surface area contributed by atoms with Crippen molar-refractivity contribution in [1.82, 2.24) is 0 Å². The normalized spacial score (nSPS) is 11.0. The molecule has 0 aliphatic rings. The minimum absolute atomic E-state index is 0.0274. The summed E-state index contributed by atoms with van der Waals surface area (Å²) >= 11 is 11.9. The zero-order chi connectivity index (χ0) is 21.9. The van der Waals surface area contributed by atoms with Crippen LogP contribution in [-0.4, -0.2) is 25.4 Å². The molecule has 3 aromatic rings. The van der Waals surface area contributed by atoms with Crippen LogP contribution in [0.2, 0.25) is 10.0 Å². The quantitative estimate of drug-likeness (QED) is 0.487. The van der Waals surface area contributed by atoms with E-state index in [0.29, 0.717) is 10.7 Å². The molecule has 30 heavy (non-hydrogen) atoms. The highest BCUT2D eigenvalue weighted by atomic mass is 35.5. The summed E-state index contributed by atoms with van der Waals surface area (Å²) < 4.78 is 27.8. The van der Waals surface area contributed by atoms with Gasteiger partial charge in [-0.1, -0.05) is 35.3 Å². The number of anilines is 2. The number of carboxylic acid groups (broad SMARTS) is 1. The first kappa shape index (κ1) is 21.6. The van der Waals surface area contributed by atoms with E-state index >= 15 is 0 Å². The Kier molecular flexibility index (Phi) is 6.31. The standard InChI is InChI=1S/C20H14Cl2N2O5S/c21-13-4-2-5-15(10-13)23-19(25)17-11-14(22)7-8-18(17)24-30(28,29)16-6-1-3-12(9-16)20(26)27/h1-11,24H,(H,23,25)(H,26,27). The molecular weight excluding hydrogens is 451 g/mol. The summed E-state index contributed by atoms with van der Waals surface area (Å²) in [5, 5.41) is 12.3. The molecular formula is C20H14Cl2N2O5S. The Bertz CT molecular complexity index is 1250. The number of hydrogen-bond acceptors (Lipinski definition) is 4. The number of aromatic carboxylic acids is 1. The maximum Gasteiger partial charge on any atom is 0.335 e. The smallest absolute Gasteiger partial charge is 0.335 e. The van der Waals surface area contributed by atoms with Crippen molar-refractivity contribution in [2.45, 2.75) is 4.90 Å². The average molecular weight is 465 g/mol. The molecule has 10 heteroatoms. The van der Waals surface area contributed by atoms with E-state index in [4.69, 9.17) is 28.3 Å². The molecule has 0 heterocycles. The van der Waals surface area contributed by atoms with Crippen LogP contribution in [0.3, 0.4) is 0 Å². The Hall–Kier alpha value is -3.07. The van der Waals surface area contributed by atoms with Gasteiger partial charge < -0.3 is 10.4 Å². The Labute approximate surface area is 182 Å². The topological polar surface area (TPSA) is 113 Å². The Morgan fingerprint density at radius 3 is 2.27 bits per heavy atom. The fraction of sp³-hybridized carbons (Fsp3) is 0. The van der Waals surface area contributed by atoms with Crippen LogP contribution in [0.4, 0.5) is 11.4 Å². The number of halogens is 2. The molecule has 0 bridgehead atoms. The lowest BCUT2D eigenvalue weighted by Crippen LogP contribution is -2.19. The van der Waals surface area contributed by atoms with Crippen molar-refractivity contribution >= 4 is 56.5 Å². The number of carbonyl (C=O) groups is 2. The van der Waals surface area contributed by atoms with E-state index in [9.17, 15) is 18.0 Å². The second-order valence-electron chi connectivity index (χ2n) is 6.09. The van der Waals surface area contributed by atoms with Crippen molar-refractivity contribution in [1.29, 1.82) is 0 Å². The molecule has 1 amide bonds. The number of benzene rings is 3. The van der Waals surface area contributed by atoms with E-state index in [1.165, 1.54) is 42.5 Å². The van der Waals surface area contributed by atoms with Gasteiger partial charge in [-0.2, -0.15) is 0 Å². The largest absolute Gasteiger partial charge is 0.478 e. The lowest BCUT2D eigenvalue weighted by molar-refractivity contribution is 0.0696. The summed E-state index contributed by atoms with van der Waals surface area (Å²) in [6.07, 6.45) is 0. The van der Waals surface area contributed by atoms with Gasteiger partial charge >= 0.3 is 5.97 Å². The van der Waals surface area contributed by atoms with Crippen LogP contribution in [0.5, 0.6) is 0 Å². The molecule has 3 N–H and O–H groups in total. The number of amides is 1. The van der Waals surface area contributed by atoms with Gasteiger partial charge in [0.2, 0.25) is 0 Å². The molecule has 0 fully saturated rings. The first-order valence-electron chi connectivity index (χ1n) is 8.38. The minimum Gasteiger partial charge on any atom is -0.478 e. The van der Waals surface area contributed by atoms with E-state index < -0.39 is 21.9 Å². The van der Waals surface area contributed by atoms with Crippen LogP contribution in [0.15, 0.2) is 71.6 Å². The molecule has 3 rings (SSSR count). The molecule has 0 saturated carbocycles. The van der Waals surface area contributed by atoms with Crippen LogP contribution in [0.25, 0.3) is 0 Å². The molecule has 7 nitrogen and oxygen atoms in total. The van der Waals surface area contributed by atoms with Crippen molar-refractivity contribution in [3.05, 3.63) is 87.9 Å². The third kappa shape index (κ3) is 5.10. The van der Waals surface area contributed by atoms with Gasteiger partial charge in [0.05, 0.1) is 21.7 Å². The lowest BCUT2D eigenvalue weighted by atomic mass is 10.1. The van der Waals surface area contributed by atoms with E-state index in [0.717, 1.165) is 6.07 Å². The molecule has 0 radical (unpaired) electrons. The Morgan fingerprint density at radius 2 is 1.57 bits per heavy atom. The highest BCUT2D eigenvalue weighted by Gasteiger charge is 2.20. The van der Waals surface area contributed by atoms with Crippen LogP contribution >= 0.6 is 23.2 Å². The van der Waals surface area contributed by atoms with E-state index in [1.54, 1.807) is 18.2 Å². The molecule has 154 valence electrons. The maximum atomic E-state index is 12.8. The van der Waals surface area contributed by atoms with Crippen LogP contribution in [0, 0.1) is 0 Å². The molecule has 3 aromatic carbocycles. The molecule has 0 spiro atoms. The first-order valence-corrected chi connectivity index (χ1v) is 10.6. The highest BCUT2D eigenvalue weighted by molar-refractivity contribution is 7.92. The van der Waals surface area contributed by atoms with Gasteiger partial charge in [0.25, 0.3) is 15.9 Å². The average Bonchev–Trinajstić information content (AvgIpc) is 2.69. The van der Waals surface area contributed by atoms with E-state index in [1.807, 2.05) is 0 Å². The summed E-state index contributed by atoms with van der Waals surface area (Å²) in [4.78, 5) is 23.6. The van der Waals surface area contributed by atoms with Crippen LogP contribution in [-0.2, 0) is 10.0 Å². The number of carbonyl (C=O) groups excluding carboxylic acids is 1. The van der Waals surface area contributed by atoms with Gasteiger partial charge in [0.15, 0.2) is 0 Å². The maximum absolute atomic E-state index is 12.8. The number of hydrogen-bond donors (Lipinski definition) is 3. The summed E-state index contributed by atoms with van der Waals surface area (Å²) in [7, 11) is -4.18. The Morgan fingerprint density at radius 1 is 0.867 bits per heavy atom. The number of carboxylic acids is 1. The fourth-order valence-electron chi connectivity index (χ4n) is 2.56. The second-order valence-corrected chi connectivity index (χ2v) is 8.65. The van der Waals surface area contributed by atoms with Gasteiger partial charge in [-0.05, 0) is 54.6 Å². The number of rotatable bonds is 6. The van der Waals surface area contributed by atoms with Crippen molar-refractivity contribution in [3.63, 3.8) is 0 Å². The summed E-state index contributed by atoms with van der Waals surface area (Å²) in [6, 6.07) is 15.4. The predicted octanol–water partition coefficient (Wildman–Crippen LogP) is 4.74. The predicted molar refractivity (Wildman–Crippen MR) is 115 cm³/mol. The Balaban J connectivity index is 1.94. The fourth-order valence-corrected chi connectivity index (χ4v) is 4.05. The highest BCUT2D eigenvalue weighted by Crippen LogP contribution is 2.26. The van der Waals surface area contributed by atoms with Crippen molar-refractivity contribution in [2.24, 2.45) is 0 Å². The van der Waals surface area contributed by atoms with Gasteiger partial charge in [-0.3, -0.25) is 9.52 Å². The van der Waals surface area contributed by atoms with Gasteiger partial charge in [-0.25, -0.2) is 13.2 Å². The molecule has 0 saturated heterocycles. The van der Waals surface area contributed by atoms with Crippen molar-refractivity contribution in [2.75, 3.05) is 10.0 Å². The van der Waals surface area contributed by atoms with Gasteiger partial charge in [0, 0.05) is 15.7 Å². The summed E-state index contributed by atoms with van der Waals surface area (Å²) in [5.41, 5.74) is 0.170. The first-order chi connectivity index (χ1) is 14.2. The second kappa shape index (κ2) is 8.74. The molecule has 0 aliphatic carbocycles.